The van der Waals surface area contributed by atoms with Gasteiger partial charge in [0.25, 0.3) is 0 Å². The summed E-state index contributed by atoms with van der Waals surface area (Å²) in [6, 6.07) is 1.82. The summed E-state index contributed by atoms with van der Waals surface area (Å²) >= 11 is 0. The summed E-state index contributed by atoms with van der Waals surface area (Å²) in [6.45, 7) is 8.15. The zero-order valence-corrected chi connectivity index (χ0v) is 12.7. The van der Waals surface area contributed by atoms with Gasteiger partial charge in [0.1, 0.15) is 0 Å². The molecule has 2 aromatic heterocycles. The van der Waals surface area contributed by atoms with Gasteiger partial charge in [0.05, 0.1) is 18.7 Å². The molecule has 0 amide bonds. The lowest BCUT2D eigenvalue weighted by atomic mass is 9.84. The molecule has 1 N–H and O–H groups in total. The average Bonchev–Trinajstić information content (AvgIpc) is 2.95. The SMILES string of the molecule is Cc1ccoc1-c1nnnn1CC(CC(C)(C)C)C(=O)O. The minimum absolute atomic E-state index is 0.0855. The number of carbonyl (C=O) groups is 1. The van der Waals surface area contributed by atoms with Gasteiger partial charge in [-0.3, -0.25) is 4.79 Å². The molecule has 0 bridgehead atoms. The second-order valence-corrected chi connectivity index (χ2v) is 6.42. The van der Waals surface area contributed by atoms with Gasteiger partial charge < -0.3 is 9.52 Å². The molecule has 1 atom stereocenters. The van der Waals surface area contributed by atoms with Crippen LogP contribution in [-0.4, -0.2) is 31.3 Å². The molecule has 0 spiro atoms. The van der Waals surface area contributed by atoms with Crippen molar-refractivity contribution in [2.24, 2.45) is 11.3 Å². The summed E-state index contributed by atoms with van der Waals surface area (Å²) in [5.74, 6) is -0.373. The number of hydrogen-bond donors (Lipinski definition) is 1. The Morgan fingerprint density at radius 2 is 2.19 bits per heavy atom. The van der Waals surface area contributed by atoms with Crippen molar-refractivity contribution in [2.45, 2.75) is 40.7 Å². The second-order valence-electron chi connectivity index (χ2n) is 6.42. The molecule has 21 heavy (non-hydrogen) atoms. The molecule has 2 aromatic rings. The minimum atomic E-state index is -0.845. The van der Waals surface area contributed by atoms with E-state index in [1.54, 1.807) is 6.26 Å². The molecule has 2 rings (SSSR count). The number of carboxylic acid groups (broad SMARTS) is 1. The topological polar surface area (TPSA) is 94.0 Å². The normalized spacial score (nSPS) is 13.3. The van der Waals surface area contributed by atoms with Crippen LogP contribution in [0.2, 0.25) is 0 Å². The van der Waals surface area contributed by atoms with Crippen molar-refractivity contribution in [3.8, 4) is 11.6 Å². The first-order chi connectivity index (χ1) is 9.78. The molecule has 2 heterocycles. The maximum Gasteiger partial charge on any atom is 0.308 e. The number of rotatable bonds is 5. The van der Waals surface area contributed by atoms with E-state index in [4.69, 9.17) is 4.42 Å². The Bertz CT molecular complexity index is 624. The van der Waals surface area contributed by atoms with Crippen LogP contribution in [0.1, 0.15) is 32.8 Å². The monoisotopic (exact) mass is 292 g/mol. The Labute approximate surface area is 123 Å². The van der Waals surface area contributed by atoms with Crippen LogP contribution in [0.4, 0.5) is 0 Å². The van der Waals surface area contributed by atoms with E-state index in [1.807, 2.05) is 33.8 Å². The van der Waals surface area contributed by atoms with E-state index in [0.717, 1.165) is 5.56 Å². The molecule has 0 radical (unpaired) electrons. The molecule has 0 aromatic carbocycles. The summed E-state index contributed by atoms with van der Waals surface area (Å²) < 4.78 is 6.88. The van der Waals surface area contributed by atoms with Crippen molar-refractivity contribution in [3.63, 3.8) is 0 Å². The fourth-order valence-corrected chi connectivity index (χ4v) is 2.27. The van der Waals surface area contributed by atoms with Crippen LogP contribution < -0.4 is 0 Å². The van der Waals surface area contributed by atoms with E-state index < -0.39 is 11.9 Å². The molecule has 0 fully saturated rings. The Kier molecular flexibility index (Phi) is 4.11. The summed E-state index contributed by atoms with van der Waals surface area (Å²) in [7, 11) is 0. The molecule has 0 aliphatic heterocycles. The number of carboxylic acids is 1. The quantitative estimate of drug-likeness (QED) is 0.909. The maximum absolute atomic E-state index is 11.5. The van der Waals surface area contributed by atoms with Crippen LogP contribution in [0.25, 0.3) is 11.6 Å². The highest BCUT2D eigenvalue weighted by Crippen LogP contribution is 2.27. The fraction of sp³-hybridized carbons (Fsp3) is 0.571. The molecule has 0 aliphatic carbocycles. The minimum Gasteiger partial charge on any atom is -0.481 e. The van der Waals surface area contributed by atoms with Gasteiger partial charge in [-0.05, 0) is 40.8 Å². The van der Waals surface area contributed by atoms with E-state index in [9.17, 15) is 9.90 Å². The zero-order chi connectivity index (χ0) is 15.6. The van der Waals surface area contributed by atoms with Gasteiger partial charge in [-0.15, -0.1) is 5.10 Å². The van der Waals surface area contributed by atoms with Gasteiger partial charge in [0.15, 0.2) is 5.76 Å². The van der Waals surface area contributed by atoms with Crippen LogP contribution in [0.15, 0.2) is 16.7 Å². The van der Waals surface area contributed by atoms with Crippen molar-refractivity contribution in [2.75, 3.05) is 0 Å². The van der Waals surface area contributed by atoms with E-state index >= 15 is 0 Å². The molecule has 0 saturated carbocycles. The molecule has 7 heteroatoms. The van der Waals surface area contributed by atoms with Crippen LogP contribution in [-0.2, 0) is 11.3 Å². The summed E-state index contributed by atoms with van der Waals surface area (Å²) in [5.41, 5.74) is 0.825. The highest BCUT2D eigenvalue weighted by molar-refractivity contribution is 5.70. The van der Waals surface area contributed by atoms with E-state index in [0.29, 0.717) is 18.0 Å². The number of aryl methyl sites for hydroxylation is 1. The smallest absolute Gasteiger partial charge is 0.308 e. The number of nitrogens with zero attached hydrogens (tertiary/aromatic N) is 4. The molecule has 0 saturated heterocycles. The lowest BCUT2D eigenvalue weighted by Gasteiger charge is -2.23. The van der Waals surface area contributed by atoms with Gasteiger partial charge in [-0.1, -0.05) is 20.8 Å². The third kappa shape index (κ3) is 3.68. The highest BCUT2D eigenvalue weighted by atomic mass is 16.4. The third-order valence-corrected chi connectivity index (χ3v) is 3.20. The Hall–Kier alpha value is -2.18. The van der Waals surface area contributed by atoms with Gasteiger partial charge >= 0.3 is 5.97 Å². The lowest BCUT2D eigenvalue weighted by molar-refractivity contribution is -0.143. The molecule has 7 nitrogen and oxygen atoms in total. The zero-order valence-electron chi connectivity index (χ0n) is 12.7. The van der Waals surface area contributed by atoms with Crippen molar-refractivity contribution in [3.05, 3.63) is 17.9 Å². The summed E-state index contributed by atoms with van der Waals surface area (Å²) in [5, 5.41) is 20.9. The standard InChI is InChI=1S/C14H20N4O3/c1-9-5-6-21-11(9)12-15-16-17-18(12)8-10(13(19)20)7-14(2,3)4/h5-6,10H,7-8H2,1-4H3,(H,19,20). The maximum atomic E-state index is 11.5. The fourth-order valence-electron chi connectivity index (χ4n) is 2.27. The predicted octanol–water partition coefficient (Wildman–Crippen LogP) is 2.38. The van der Waals surface area contributed by atoms with Crippen molar-refractivity contribution >= 4 is 5.97 Å². The summed E-state index contributed by atoms with van der Waals surface area (Å²) in [4.78, 5) is 11.5. The molecule has 0 aliphatic rings. The molecule has 114 valence electrons. The second kappa shape index (κ2) is 5.67. The Balaban J connectivity index is 2.25. The predicted molar refractivity (Wildman–Crippen MR) is 75.5 cm³/mol. The largest absolute Gasteiger partial charge is 0.481 e. The van der Waals surface area contributed by atoms with E-state index in [-0.39, 0.29) is 12.0 Å². The highest BCUT2D eigenvalue weighted by Gasteiger charge is 2.27. The van der Waals surface area contributed by atoms with Crippen LogP contribution in [0.3, 0.4) is 0 Å². The van der Waals surface area contributed by atoms with Gasteiger partial charge in [0, 0.05) is 0 Å². The average molecular weight is 292 g/mol. The molecular formula is C14H20N4O3. The van der Waals surface area contributed by atoms with Crippen molar-refractivity contribution in [1.82, 2.24) is 20.2 Å². The van der Waals surface area contributed by atoms with E-state index in [1.165, 1.54) is 4.68 Å². The van der Waals surface area contributed by atoms with E-state index in [2.05, 4.69) is 15.5 Å². The molecular weight excluding hydrogens is 272 g/mol. The van der Waals surface area contributed by atoms with Gasteiger partial charge in [-0.2, -0.15) is 0 Å². The number of tetrazole rings is 1. The van der Waals surface area contributed by atoms with Crippen LogP contribution in [0, 0.1) is 18.3 Å². The Morgan fingerprint density at radius 3 is 2.71 bits per heavy atom. The number of aliphatic carboxylic acids is 1. The van der Waals surface area contributed by atoms with Crippen molar-refractivity contribution in [1.29, 1.82) is 0 Å². The van der Waals surface area contributed by atoms with Crippen molar-refractivity contribution < 1.29 is 14.3 Å². The summed E-state index contributed by atoms with van der Waals surface area (Å²) in [6.07, 6.45) is 2.10. The first kappa shape index (κ1) is 15.2. The number of aromatic nitrogens is 4. The third-order valence-electron chi connectivity index (χ3n) is 3.20. The van der Waals surface area contributed by atoms with Crippen LogP contribution >= 0.6 is 0 Å². The first-order valence-electron chi connectivity index (χ1n) is 6.81. The molecule has 1 unspecified atom stereocenters. The van der Waals surface area contributed by atoms with Gasteiger partial charge in [0.2, 0.25) is 5.82 Å². The van der Waals surface area contributed by atoms with Gasteiger partial charge in [-0.25, -0.2) is 4.68 Å². The Morgan fingerprint density at radius 1 is 1.48 bits per heavy atom. The number of furan rings is 1. The first-order valence-corrected chi connectivity index (χ1v) is 6.81. The lowest BCUT2D eigenvalue weighted by Crippen LogP contribution is -2.26. The number of hydrogen-bond acceptors (Lipinski definition) is 5. The van der Waals surface area contributed by atoms with Crippen LogP contribution in [0.5, 0.6) is 0 Å².